The van der Waals surface area contributed by atoms with Crippen molar-refractivity contribution in [3.8, 4) is 0 Å². The molecule has 0 bridgehead atoms. The van der Waals surface area contributed by atoms with Gasteiger partial charge in [-0.25, -0.2) is 4.68 Å². The Bertz CT molecular complexity index is 475. The first-order valence-electron chi connectivity index (χ1n) is 5.54. The van der Waals surface area contributed by atoms with Crippen LogP contribution in [0.4, 0.5) is 11.5 Å². The summed E-state index contributed by atoms with van der Waals surface area (Å²) in [4.78, 5) is 3.95. The van der Waals surface area contributed by atoms with Crippen molar-refractivity contribution in [1.29, 1.82) is 0 Å². The highest BCUT2D eigenvalue weighted by Gasteiger charge is 2.10. The molecule has 0 aliphatic rings. The Morgan fingerprint density at radius 1 is 1.53 bits per heavy atom. The lowest BCUT2D eigenvalue weighted by molar-refractivity contribution is 0.410. The average Bonchev–Trinajstić information content (AvgIpc) is 2.92. The molecule has 2 aromatic heterocycles. The number of nitrogens with one attached hydrogen (secondary N) is 1. The van der Waals surface area contributed by atoms with Crippen molar-refractivity contribution in [3.63, 3.8) is 0 Å². The molecule has 17 heavy (non-hydrogen) atoms. The number of rotatable bonds is 5. The second-order valence-corrected chi connectivity index (χ2v) is 3.69. The lowest BCUT2D eigenvalue weighted by Crippen LogP contribution is -2.11. The molecule has 0 fully saturated rings. The highest BCUT2D eigenvalue weighted by molar-refractivity contribution is 5.64. The van der Waals surface area contributed by atoms with Crippen molar-refractivity contribution >= 4 is 11.5 Å². The van der Waals surface area contributed by atoms with Crippen molar-refractivity contribution in [2.75, 3.05) is 17.6 Å². The average molecular weight is 236 g/mol. The van der Waals surface area contributed by atoms with Gasteiger partial charge < -0.3 is 15.6 Å². The van der Waals surface area contributed by atoms with Gasteiger partial charge in [0.15, 0.2) is 5.82 Å². The highest BCUT2D eigenvalue weighted by atomic mass is 16.5. The summed E-state index contributed by atoms with van der Waals surface area (Å²) in [6.45, 7) is 5.39. The van der Waals surface area contributed by atoms with Crippen LogP contribution in [0.1, 0.15) is 18.4 Å². The van der Waals surface area contributed by atoms with E-state index in [2.05, 4.69) is 25.1 Å². The minimum atomic E-state index is 0.676. The third kappa shape index (κ3) is 2.38. The Hall–Kier alpha value is -2.05. The Morgan fingerprint density at radius 3 is 3.00 bits per heavy atom. The quantitative estimate of drug-likeness (QED) is 0.798. The molecule has 0 aliphatic carbocycles. The minimum Gasteiger partial charge on any atom is -0.394 e. The van der Waals surface area contributed by atoms with Gasteiger partial charge in [0.2, 0.25) is 6.39 Å². The first-order chi connectivity index (χ1) is 8.22. The second kappa shape index (κ2) is 4.86. The predicted molar refractivity (Wildman–Crippen MR) is 63.5 cm³/mol. The zero-order valence-corrected chi connectivity index (χ0v) is 9.97. The van der Waals surface area contributed by atoms with Gasteiger partial charge in [-0.2, -0.15) is 10.1 Å². The molecular weight excluding hydrogens is 220 g/mol. The Morgan fingerprint density at radius 2 is 2.35 bits per heavy atom. The molecule has 0 atom stereocenters. The molecule has 2 heterocycles. The lowest BCUT2D eigenvalue weighted by atomic mass is 10.3. The lowest BCUT2D eigenvalue weighted by Gasteiger charge is -2.07. The van der Waals surface area contributed by atoms with Crippen LogP contribution in [0.5, 0.6) is 0 Å². The smallest absolute Gasteiger partial charge is 0.213 e. The number of nitrogens with zero attached hydrogens (tertiary/aromatic N) is 4. The molecule has 3 N–H and O–H groups in total. The molecule has 2 rings (SSSR count). The number of hydrogen-bond donors (Lipinski definition) is 2. The summed E-state index contributed by atoms with van der Waals surface area (Å²) < 4.78 is 6.51. The Kier molecular flexibility index (Phi) is 3.27. The van der Waals surface area contributed by atoms with Gasteiger partial charge in [0, 0.05) is 19.5 Å². The van der Waals surface area contributed by atoms with Crippen LogP contribution >= 0.6 is 0 Å². The van der Waals surface area contributed by atoms with Gasteiger partial charge in [0.1, 0.15) is 5.82 Å². The Balaban J connectivity index is 1.98. The first-order valence-corrected chi connectivity index (χ1v) is 5.54. The predicted octanol–water partition coefficient (Wildman–Crippen LogP) is 0.831. The topological polar surface area (TPSA) is 94.8 Å². The van der Waals surface area contributed by atoms with Gasteiger partial charge in [-0.3, -0.25) is 0 Å². The van der Waals surface area contributed by atoms with Gasteiger partial charge in [-0.05, 0) is 13.8 Å². The number of aryl methyl sites for hydroxylation is 2. The number of nitrogens with two attached hydrogens (primary N) is 1. The molecule has 0 aromatic carbocycles. The molecule has 92 valence electrons. The van der Waals surface area contributed by atoms with Crippen LogP contribution in [-0.2, 0) is 13.0 Å². The summed E-state index contributed by atoms with van der Waals surface area (Å²) in [6, 6.07) is 0. The van der Waals surface area contributed by atoms with Gasteiger partial charge in [-0.15, -0.1) is 0 Å². The standard InChI is InChI=1S/C10H16N6O/c1-3-16-10(9(11)7(2)14-16)12-5-4-8-13-6-17-15-8/h6,12H,3-5,11H2,1-2H3. The first kappa shape index (κ1) is 11.4. The minimum absolute atomic E-state index is 0.676. The van der Waals surface area contributed by atoms with Crippen molar-refractivity contribution in [2.24, 2.45) is 0 Å². The Labute approximate surface area is 99.0 Å². The van der Waals surface area contributed by atoms with E-state index in [-0.39, 0.29) is 0 Å². The zero-order chi connectivity index (χ0) is 12.3. The molecule has 0 spiro atoms. The van der Waals surface area contributed by atoms with Gasteiger partial charge in [-0.1, -0.05) is 5.16 Å². The molecule has 0 unspecified atom stereocenters. The normalized spacial score (nSPS) is 10.7. The molecule has 0 aliphatic heterocycles. The van der Waals surface area contributed by atoms with E-state index in [1.807, 2.05) is 18.5 Å². The van der Waals surface area contributed by atoms with Crippen molar-refractivity contribution in [1.82, 2.24) is 19.9 Å². The van der Waals surface area contributed by atoms with Crippen LogP contribution in [-0.4, -0.2) is 26.5 Å². The number of aromatic nitrogens is 4. The molecule has 0 radical (unpaired) electrons. The summed E-state index contributed by atoms with van der Waals surface area (Å²) in [5, 5.41) is 11.3. The molecule has 7 nitrogen and oxygen atoms in total. The highest BCUT2D eigenvalue weighted by Crippen LogP contribution is 2.21. The van der Waals surface area contributed by atoms with Gasteiger partial charge in [0.25, 0.3) is 0 Å². The second-order valence-electron chi connectivity index (χ2n) is 3.69. The molecule has 0 saturated heterocycles. The fourth-order valence-corrected chi connectivity index (χ4v) is 1.61. The fraction of sp³-hybridized carbons (Fsp3) is 0.500. The van der Waals surface area contributed by atoms with E-state index < -0.39 is 0 Å². The van der Waals surface area contributed by atoms with E-state index >= 15 is 0 Å². The van der Waals surface area contributed by atoms with E-state index in [0.29, 0.717) is 24.5 Å². The van der Waals surface area contributed by atoms with E-state index in [1.165, 1.54) is 6.39 Å². The zero-order valence-electron chi connectivity index (χ0n) is 9.97. The maximum atomic E-state index is 5.94. The fourth-order valence-electron chi connectivity index (χ4n) is 1.61. The van der Waals surface area contributed by atoms with Crippen molar-refractivity contribution in [2.45, 2.75) is 26.8 Å². The maximum absolute atomic E-state index is 5.94. The number of anilines is 2. The largest absolute Gasteiger partial charge is 0.394 e. The molecule has 7 heteroatoms. The molecule has 2 aromatic rings. The van der Waals surface area contributed by atoms with Crippen LogP contribution in [0.3, 0.4) is 0 Å². The maximum Gasteiger partial charge on any atom is 0.213 e. The monoisotopic (exact) mass is 236 g/mol. The number of nitrogen functional groups attached to an aromatic ring is 1. The summed E-state index contributed by atoms with van der Waals surface area (Å²) in [5.41, 5.74) is 7.48. The van der Waals surface area contributed by atoms with Crippen LogP contribution in [0.25, 0.3) is 0 Å². The van der Waals surface area contributed by atoms with Crippen LogP contribution in [0.15, 0.2) is 10.9 Å². The summed E-state index contributed by atoms with van der Waals surface area (Å²) in [6.07, 6.45) is 2.01. The molecule has 0 saturated carbocycles. The van der Waals surface area contributed by atoms with E-state index in [1.54, 1.807) is 0 Å². The molecule has 0 amide bonds. The third-order valence-corrected chi connectivity index (χ3v) is 2.52. The van der Waals surface area contributed by atoms with E-state index in [9.17, 15) is 0 Å². The van der Waals surface area contributed by atoms with Crippen molar-refractivity contribution < 1.29 is 4.52 Å². The van der Waals surface area contributed by atoms with Crippen LogP contribution in [0, 0.1) is 6.92 Å². The van der Waals surface area contributed by atoms with Gasteiger partial charge in [0.05, 0.1) is 11.4 Å². The third-order valence-electron chi connectivity index (χ3n) is 2.52. The van der Waals surface area contributed by atoms with Gasteiger partial charge >= 0.3 is 0 Å². The van der Waals surface area contributed by atoms with E-state index in [0.717, 1.165) is 18.1 Å². The summed E-state index contributed by atoms with van der Waals surface area (Å²) in [5.74, 6) is 1.53. The van der Waals surface area contributed by atoms with Crippen molar-refractivity contribution in [3.05, 3.63) is 17.9 Å². The number of hydrogen-bond acceptors (Lipinski definition) is 6. The van der Waals surface area contributed by atoms with E-state index in [4.69, 9.17) is 5.73 Å². The summed E-state index contributed by atoms with van der Waals surface area (Å²) >= 11 is 0. The van der Waals surface area contributed by atoms with Crippen LogP contribution < -0.4 is 11.1 Å². The SMILES string of the molecule is CCn1nc(C)c(N)c1NCCc1ncon1. The summed E-state index contributed by atoms with van der Waals surface area (Å²) in [7, 11) is 0. The molecular formula is C10H16N6O. The van der Waals surface area contributed by atoms with Crippen LogP contribution in [0.2, 0.25) is 0 Å².